The number of methoxy groups -OCH3 is 1. The molecule has 0 aliphatic carbocycles. The van der Waals surface area contributed by atoms with Crippen molar-refractivity contribution in [2.75, 3.05) is 32.2 Å². The molecule has 31 heavy (non-hydrogen) atoms. The van der Waals surface area contributed by atoms with Crippen molar-refractivity contribution in [1.82, 2.24) is 19.8 Å². The van der Waals surface area contributed by atoms with E-state index >= 15 is 0 Å². The molecule has 7 nitrogen and oxygen atoms in total. The first-order valence-electron chi connectivity index (χ1n) is 10.2. The molecule has 0 saturated carbocycles. The highest BCUT2D eigenvalue weighted by atomic mass is 32.1. The van der Waals surface area contributed by atoms with Gasteiger partial charge in [0, 0.05) is 29.1 Å². The van der Waals surface area contributed by atoms with Gasteiger partial charge in [-0.3, -0.25) is 0 Å². The van der Waals surface area contributed by atoms with Crippen molar-refractivity contribution >= 4 is 28.1 Å². The molecule has 0 bridgehead atoms. The van der Waals surface area contributed by atoms with Crippen LogP contribution in [0, 0.1) is 0 Å². The first-order chi connectivity index (χ1) is 14.8. The van der Waals surface area contributed by atoms with Gasteiger partial charge in [-0.2, -0.15) is 9.61 Å². The Balaban J connectivity index is 1.89. The van der Waals surface area contributed by atoms with Crippen LogP contribution in [0.2, 0.25) is 0 Å². The monoisotopic (exact) mass is 437 g/mol. The zero-order valence-corrected chi connectivity index (χ0v) is 19.3. The lowest BCUT2D eigenvalue weighted by atomic mass is 9.91. The second-order valence-electron chi connectivity index (χ2n) is 8.44. The number of aliphatic hydroxyl groups excluding tert-OH is 1. The van der Waals surface area contributed by atoms with Crippen LogP contribution in [0.4, 0.5) is 5.00 Å². The molecule has 4 aromatic rings. The number of ether oxygens (including phenoxy) is 1. The van der Waals surface area contributed by atoms with Crippen molar-refractivity contribution in [3.8, 4) is 17.1 Å². The maximum atomic E-state index is 9.21. The van der Waals surface area contributed by atoms with Crippen LogP contribution >= 0.6 is 11.3 Å². The van der Waals surface area contributed by atoms with Crippen molar-refractivity contribution in [2.45, 2.75) is 26.2 Å². The molecular weight excluding hydrogens is 410 g/mol. The van der Waals surface area contributed by atoms with Crippen LogP contribution in [0.25, 0.3) is 23.1 Å². The second kappa shape index (κ2) is 8.28. The molecule has 0 radical (unpaired) electrons. The zero-order valence-electron chi connectivity index (χ0n) is 18.5. The Kier molecular flexibility index (Phi) is 5.68. The van der Waals surface area contributed by atoms with Crippen molar-refractivity contribution in [2.24, 2.45) is 0 Å². The largest absolute Gasteiger partial charge is 0.496 e. The molecule has 1 aromatic carbocycles. The maximum Gasteiger partial charge on any atom is 0.189 e. The summed E-state index contributed by atoms with van der Waals surface area (Å²) in [6.45, 7) is 7.17. The summed E-state index contributed by atoms with van der Waals surface area (Å²) < 4.78 is 7.34. The van der Waals surface area contributed by atoms with Crippen molar-refractivity contribution in [3.63, 3.8) is 0 Å². The van der Waals surface area contributed by atoms with Crippen LogP contribution in [-0.4, -0.2) is 52.2 Å². The topological polar surface area (TPSA) is 75.8 Å². The Morgan fingerprint density at radius 1 is 1.16 bits per heavy atom. The standard InChI is InChI=1S/C23H27N5O2S/c1-23(2,3)20-17(14-15-10-11-19(31-15)27(4)12-13-29)22-25-24-21(28(22)26-20)16-8-6-7-9-18(16)30-5/h6-11,14,29H,12-13H2,1-5H3. The maximum absolute atomic E-state index is 9.21. The highest BCUT2D eigenvalue weighted by molar-refractivity contribution is 7.16. The van der Waals surface area contributed by atoms with Gasteiger partial charge >= 0.3 is 0 Å². The van der Waals surface area contributed by atoms with Gasteiger partial charge in [0.15, 0.2) is 11.5 Å². The van der Waals surface area contributed by atoms with E-state index in [1.54, 1.807) is 18.4 Å². The molecule has 162 valence electrons. The Labute approximate surface area is 185 Å². The summed E-state index contributed by atoms with van der Waals surface area (Å²) in [5, 5.41) is 25.1. The van der Waals surface area contributed by atoms with E-state index < -0.39 is 0 Å². The van der Waals surface area contributed by atoms with Crippen molar-refractivity contribution < 1.29 is 9.84 Å². The van der Waals surface area contributed by atoms with E-state index in [-0.39, 0.29) is 12.0 Å². The number of benzene rings is 1. The van der Waals surface area contributed by atoms with Crippen molar-refractivity contribution in [1.29, 1.82) is 0 Å². The highest BCUT2D eigenvalue weighted by Crippen LogP contribution is 2.30. The number of anilines is 1. The summed E-state index contributed by atoms with van der Waals surface area (Å²) in [6, 6.07) is 11.9. The summed E-state index contributed by atoms with van der Waals surface area (Å²) in [5.74, 6) is 1.39. The minimum Gasteiger partial charge on any atom is -0.496 e. The van der Waals surface area contributed by atoms with Gasteiger partial charge in [-0.05, 0) is 30.3 Å². The normalized spacial score (nSPS) is 12.6. The van der Waals surface area contributed by atoms with E-state index in [9.17, 15) is 5.11 Å². The Morgan fingerprint density at radius 3 is 2.65 bits per heavy atom. The average Bonchev–Trinajstić information content (AvgIpc) is 3.44. The molecule has 0 atom stereocenters. The van der Waals surface area contributed by atoms with Gasteiger partial charge in [-0.15, -0.1) is 21.5 Å². The summed E-state index contributed by atoms with van der Waals surface area (Å²) in [5.41, 5.74) is 2.38. The van der Waals surface area contributed by atoms with E-state index in [2.05, 4.69) is 49.2 Å². The van der Waals surface area contributed by atoms with Crippen LogP contribution in [0.1, 0.15) is 31.3 Å². The molecular formula is C23H27N5O2S. The average molecular weight is 438 g/mol. The lowest BCUT2D eigenvalue weighted by molar-refractivity contribution is 0.304. The predicted octanol–water partition coefficient (Wildman–Crippen LogP) is 3.14. The van der Waals surface area contributed by atoms with E-state index in [4.69, 9.17) is 9.84 Å². The second-order valence-corrected chi connectivity index (χ2v) is 9.53. The lowest BCUT2D eigenvalue weighted by Gasteiger charge is -2.15. The predicted molar refractivity (Wildman–Crippen MR) is 125 cm³/mol. The number of hydrogen-bond acceptors (Lipinski definition) is 7. The number of nitrogens with zero attached hydrogens (tertiary/aromatic N) is 5. The number of aliphatic hydroxyl groups is 1. The van der Waals surface area contributed by atoms with E-state index in [1.165, 1.54) is 0 Å². The van der Waals surface area contributed by atoms with Gasteiger partial charge in [-0.25, -0.2) is 0 Å². The van der Waals surface area contributed by atoms with Crippen LogP contribution in [-0.2, 0) is 5.41 Å². The van der Waals surface area contributed by atoms with Gasteiger partial charge in [-0.1, -0.05) is 32.9 Å². The minimum absolute atomic E-state index is 0.125. The third kappa shape index (κ3) is 4.00. The van der Waals surface area contributed by atoms with E-state index in [0.717, 1.165) is 37.8 Å². The Hall–Kier alpha value is -2.97. The van der Waals surface area contributed by atoms with Crippen LogP contribution in [0.3, 0.4) is 0 Å². The fourth-order valence-electron chi connectivity index (χ4n) is 3.51. The molecule has 0 saturated heterocycles. The fraction of sp³-hybridized carbons (Fsp3) is 0.348. The Morgan fingerprint density at radius 2 is 1.94 bits per heavy atom. The summed E-state index contributed by atoms with van der Waals surface area (Å²) in [6.07, 6.45) is 2.13. The number of aromatic nitrogens is 4. The van der Waals surface area contributed by atoms with Crippen LogP contribution < -0.4 is 14.9 Å². The molecule has 0 aliphatic rings. The minimum atomic E-state index is -0.168. The molecule has 1 N–H and O–H groups in total. The molecule has 3 heterocycles. The third-order valence-corrected chi connectivity index (χ3v) is 6.25. The van der Waals surface area contributed by atoms with Gasteiger partial charge in [0.05, 0.1) is 30.0 Å². The molecule has 0 fully saturated rings. The molecule has 4 rings (SSSR count). The first-order valence-corrected chi connectivity index (χ1v) is 11.0. The Bertz CT molecular complexity index is 1250. The summed E-state index contributed by atoms with van der Waals surface area (Å²) in [7, 11) is 3.63. The number of likely N-dealkylation sites (N-methyl/N-ethyl adjacent to an activating group) is 1. The summed E-state index contributed by atoms with van der Waals surface area (Å²) >= 11 is 1.67. The number of fused-ring (bicyclic) bond motifs is 1. The van der Waals surface area contributed by atoms with Crippen LogP contribution in [0.5, 0.6) is 5.75 Å². The number of rotatable bonds is 6. The van der Waals surface area contributed by atoms with Gasteiger partial charge in [0.25, 0.3) is 0 Å². The van der Waals surface area contributed by atoms with Gasteiger partial charge < -0.3 is 14.7 Å². The van der Waals surface area contributed by atoms with Gasteiger partial charge in [0.2, 0.25) is 0 Å². The van der Waals surface area contributed by atoms with E-state index in [0.29, 0.717) is 12.4 Å². The summed E-state index contributed by atoms with van der Waals surface area (Å²) in [4.78, 5) is 3.14. The first kappa shape index (κ1) is 21.3. The van der Waals surface area contributed by atoms with Crippen LogP contribution in [0.15, 0.2) is 36.4 Å². The van der Waals surface area contributed by atoms with Gasteiger partial charge in [0.1, 0.15) is 5.75 Å². The highest BCUT2D eigenvalue weighted by Gasteiger charge is 2.25. The number of para-hydroxylation sites is 1. The molecule has 0 aliphatic heterocycles. The zero-order chi connectivity index (χ0) is 22.2. The quantitative estimate of drug-likeness (QED) is 0.500. The van der Waals surface area contributed by atoms with E-state index in [1.807, 2.05) is 40.7 Å². The lowest BCUT2D eigenvalue weighted by Crippen LogP contribution is -2.22. The molecule has 0 amide bonds. The fourth-order valence-corrected chi connectivity index (χ4v) is 4.45. The molecule has 0 spiro atoms. The SMILES string of the molecule is COc1ccccc1-c1nnc2c(=Cc3ccc(N(C)CCO)s3)c(C(C)(C)C)nn12. The molecule has 8 heteroatoms. The third-order valence-electron chi connectivity index (χ3n) is 5.11. The number of hydrogen-bond donors (Lipinski definition) is 1. The smallest absolute Gasteiger partial charge is 0.189 e. The number of thiophene rings is 1. The molecule has 3 aromatic heterocycles. The molecule has 0 unspecified atom stereocenters. The van der Waals surface area contributed by atoms with Crippen molar-refractivity contribution in [3.05, 3.63) is 52.2 Å².